The van der Waals surface area contributed by atoms with Crippen molar-refractivity contribution in [3.8, 4) is 0 Å². The van der Waals surface area contributed by atoms with Crippen molar-refractivity contribution in [2.45, 2.75) is 59.3 Å². The van der Waals surface area contributed by atoms with E-state index in [1.807, 2.05) is 0 Å². The Morgan fingerprint density at radius 3 is 1.88 bits per heavy atom. The normalized spacial score (nSPS) is 25.0. The molecule has 2 aliphatic rings. The van der Waals surface area contributed by atoms with E-state index in [0.29, 0.717) is 11.3 Å². The Kier molecular flexibility index (Phi) is 4.10. The zero-order valence-electron chi connectivity index (χ0n) is 16.1. The lowest BCUT2D eigenvalue weighted by molar-refractivity contribution is 0.0246. The largest absolute Gasteiger partial charge is 0.0625 e. The van der Waals surface area contributed by atoms with Crippen LogP contribution in [0.15, 0.2) is 54.1 Å². The fourth-order valence-electron chi connectivity index (χ4n) is 5.07. The van der Waals surface area contributed by atoms with Gasteiger partial charge in [-0.3, -0.25) is 0 Å². The molecular weight excluding hydrogens is 300 g/mol. The molecule has 0 nitrogen and oxygen atoms in total. The summed E-state index contributed by atoms with van der Waals surface area (Å²) in [7, 11) is 0. The zero-order chi connectivity index (χ0) is 17.6. The SMILES string of the molecule is Cc1ccc(C(=C2CC3(C2)CC(C)C3)c2ccc(C(C)C)cc2)cc1. The van der Waals surface area contributed by atoms with Crippen LogP contribution in [0.25, 0.3) is 5.57 Å². The van der Waals surface area contributed by atoms with E-state index in [-0.39, 0.29) is 0 Å². The van der Waals surface area contributed by atoms with E-state index in [9.17, 15) is 0 Å². The Bertz CT molecular complexity index is 771. The summed E-state index contributed by atoms with van der Waals surface area (Å²) in [6, 6.07) is 18.4. The van der Waals surface area contributed by atoms with Crippen molar-refractivity contribution in [1.29, 1.82) is 0 Å². The Labute approximate surface area is 153 Å². The smallest absolute Gasteiger partial charge is 0.0119 e. The van der Waals surface area contributed by atoms with Crippen LogP contribution in [-0.4, -0.2) is 0 Å². The first kappa shape index (κ1) is 16.6. The first-order valence-electron chi connectivity index (χ1n) is 9.85. The second-order valence-corrected chi connectivity index (χ2v) is 8.99. The van der Waals surface area contributed by atoms with Crippen LogP contribution in [-0.2, 0) is 0 Å². The Hall–Kier alpha value is -1.82. The van der Waals surface area contributed by atoms with Crippen LogP contribution in [0.2, 0.25) is 0 Å². The lowest BCUT2D eigenvalue weighted by Crippen LogP contribution is -2.43. The average Bonchev–Trinajstić information content (AvgIpc) is 2.53. The molecule has 0 N–H and O–H groups in total. The summed E-state index contributed by atoms with van der Waals surface area (Å²) in [5, 5.41) is 0. The van der Waals surface area contributed by atoms with Gasteiger partial charge in [-0.25, -0.2) is 0 Å². The molecule has 0 heterocycles. The van der Waals surface area contributed by atoms with Crippen LogP contribution in [0.3, 0.4) is 0 Å². The maximum atomic E-state index is 2.40. The van der Waals surface area contributed by atoms with Gasteiger partial charge in [-0.15, -0.1) is 0 Å². The zero-order valence-corrected chi connectivity index (χ0v) is 16.1. The molecule has 2 aromatic rings. The lowest BCUT2D eigenvalue weighted by Gasteiger charge is -2.55. The molecule has 2 saturated carbocycles. The average molecular weight is 331 g/mol. The molecule has 0 unspecified atom stereocenters. The molecule has 0 saturated heterocycles. The van der Waals surface area contributed by atoms with Gasteiger partial charge >= 0.3 is 0 Å². The lowest BCUT2D eigenvalue weighted by atomic mass is 9.49. The maximum Gasteiger partial charge on any atom is -0.0119 e. The summed E-state index contributed by atoms with van der Waals surface area (Å²) < 4.78 is 0. The number of rotatable bonds is 3. The molecule has 130 valence electrons. The number of aryl methyl sites for hydroxylation is 1. The minimum atomic E-state index is 0.591. The number of benzene rings is 2. The predicted octanol–water partition coefficient (Wildman–Crippen LogP) is 7.13. The summed E-state index contributed by atoms with van der Waals surface area (Å²) in [5.74, 6) is 1.53. The molecule has 0 aromatic heterocycles. The van der Waals surface area contributed by atoms with Crippen molar-refractivity contribution in [2.75, 3.05) is 0 Å². The van der Waals surface area contributed by atoms with E-state index < -0.39 is 0 Å². The minimum Gasteiger partial charge on any atom is -0.0625 e. The van der Waals surface area contributed by atoms with Gasteiger partial charge in [0.1, 0.15) is 0 Å². The fourth-order valence-corrected chi connectivity index (χ4v) is 5.07. The molecule has 0 aliphatic heterocycles. The van der Waals surface area contributed by atoms with E-state index >= 15 is 0 Å². The highest BCUT2D eigenvalue weighted by molar-refractivity contribution is 5.83. The van der Waals surface area contributed by atoms with Crippen molar-refractivity contribution < 1.29 is 0 Å². The maximum absolute atomic E-state index is 2.40. The monoisotopic (exact) mass is 330 g/mol. The van der Waals surface area contributed by atoms with Gasteiger partial charge in [-0.05, 0) is 72.1 Å². The molecule has 25 heavy (non-hydrogen) atoms. The minimum absolute atomic E-state index is 0.591. The van der Waals surface area contributed by atoms with Crippen LogP contribution < -0.4 is 0 Å². The first-order chi connectivity index (χ1) is 12.0. The van der Waals surface area contributed by atoms with Gasteiger partial charge in [0.15, 0.2) is 0 Å². The molecule has 1 spiro atoms. The standard InChI is InChI=1S/C25H30/c1-17(2)20-9-11-22(12-10-20)24(21-7-5-18(3)6-8-21)23-15-25(16-23)13-19(4)14-25/h5-12,17,19H,13-16H2,1-4H3. The van der Waals surface area contributed by atoms with Gasteiger partial charge in [-0.1, -0.05) is 80.4 Å². The van der Waals surface area contributed by atoms with Gasteiger partial charge in [0.05, 0.1) is 0 Å². The van der Waals surface area contributed by atoms with Gasteiger partial charge < -0.3 is 0 Å². The molecule has 2 aromatic carbocycles. The molecule has 0 radical (unpaired) electrons. The van der Waals surface area contributed by atoms with Crippen molar-refractivity contribution in [2.24, 2.45) is 11.3 Å². The Balaban J connectivity index is 1.71. The Morgan fingerprint density at radius 2 is 1.40 bits per heavy atom. The topological polar surface area (TPSA) is 0 Å². The van der Waals surface area contributed by atoms with Gasteiger partial charge in [0, 0.05) is 0 Å². The van der Waals surface area contributed by atoms with Crippen LogP contribution >= 0.6 is 0 Å². The van der Waals surface area contributed by atoms with Crippen molar-refractivity contribution >= 4 is 5.57 Å². The number of hydrogen-bond acceptors (Lipinski definition) is 0. The third-order valence-corrected chi connectivity index (χ3v) is 6.30. The van der Waals surface area contributed by atoms with Crippen LogP contribution in [0, 0.1) is 18.3 Å². The van der Waals surface area contributed by atoms with Crippen LogP contribution in [0.5, 0.6) is 0 Å². The van der Waals surface area contributed by atoms with Crippen molar-refractivity contribution in [3.63, 3.8) is 0 Å². The van der Waals surface area contributed by atoms with E-state index in [1.165, 1.54) is 53.5 Å². The second-order valence-electron chi connectivity index (χ2n) is 8.99. The molecule has 0 heteroatoms. The van der Waals surface area contributed by atoms with Crippen LogP contribution in [0.1, 0.15) is 74.6 Å². The van der Waals surface area contributed by atoms with Gasteiger partial charge in [-0.2, -0.15) is 0 Å². The summed E-state index contributed by atoms with van der Waals surface area (Å²) in [6.07, 6.45) is 5.49. The molecule has 2 aliphatic carbocycles. The molecule has 2 fully saturated rings. The van der Waals surface area contributed by atoms with Crippen LogP contribution in [0.4, 0.5) is 0 Å². The molecule has 0 bridgehead atoms. The fraction of sp³-hybridized carbons (Fsp3) is 0.440. The summed E-state index contributed by atoms with van der Waals surface area (Å²) in [5.41, 5.74) is 9.37. The predicted molar refractivity (Wildman–Crippen MR) is 108 cm³/mol. The van der Waals surface area contributed by atoms with E-state index in [4.69, 9.17) is 0 Å². The highest BCUT2D eigenvalue weighted by atomic mass is 14.5. The van der Waals surface area contributed by atoms with E-state index in [1.54, 1.807) is 5.57 Å². The quantitative estimate of drug-likeness (QED) is 0.561. The summed E-state index contributed by atoms with van der Waals surface area (Å²) in [6.45, 7) is 9.10. The third-order valence-electron chi connectivity index (χ3n) is 6.30. The van der Waals surface area contributed by atoms with Gasteiger partial charge in [0.2, 0.25) is 0 Å². The van der Waals surface area contributed by atoms with E-state index in [0.717, 1.165) is 5.92 Å². The third kappa shape index (κ3) is 3.08. The molecule has 4 rings (SSSR count). The second kappa shape index (κ2) is 6.16. The number of allylic oxidation sites excluding steroid dienone is 1. The van der Waals surface area contributed by atoms with Crippen molar-refractivity contribution in [1.82, 2.24) is 0 Å². The molecular formula is C25H30. The molecule has 0 atom stereocenters. The summed E-state index contributed by atoms with van der Waals surface area (Å²) in [4.78, 5) is 0. The highest BCUT2D eigenvalue weighted by Gasteiger charge is 2.49. The highest BCUT2D eigenvalue weighted by Crippen LogP contribution is 2.62. The number of hydrogen-bond donors (Lipinski definition) is 0. The summed E-state index contributed by atoms with van der Waals surface area (Å²) >= 11 is 0. The van der Waals surface area contributed by atoms with Crippen molar-refractivity contribution in [3.05, 3.63) is 76.4 Å². The Morgan fingerprint density at radius 1 is 0.880 bits per heavy atom. The molecule has 0 amide bonds. The first-order valence-corrected chi connectivity index (χ1v) is 9.85. The van der Waals surface area contributed by atoms with E-state index in [2.05, 4.69) is 76.2 Å². The van der Waals surface area contributed by atoms with Gasteiger partial charge in [0.25, 0.3) is 0 Å².